The highest BCUT2D eigenvalue weighted by molar-refractivity contribution is 8.13. The summed E-state index contributed by atoms with van der Waals surface area (Å²) in [6.45, 7) is 2.26. The quantitative estimate of drug-likeness (QED) is 0.573. The molecular weight excluding hydrogens is 279 g/mol. The highest BCUT2D eigenvalue weighted by atomic mass is 35.7. The van der Waals surface area contributed by atoms with E-state index in [0.717, 1.165) is 18.4 Å². The lowest BCUT2D eigenvalue weighted by Crippen LogP contribution is -2.01. The summed E-state index contributed by atoms with van der Waals surface area (Å²) in [7, 11) is 1.70. The molecule has 0 fully saturated rings. The van der Waals surface area contributed by atoms with E-state index < -0.39 is 9.05 Å². The number of rotatable bonds is 7. The lowest BCUT2D eigenvalue weighted by atomic mass is 10.2. The Kier molecular flexibility index (Phi) is 5.88. The Morgan fingerprint density at radius 1 is 1.28 bits per heavy atom. The molecule has 0 spiro atoms. The highest BCUT2D eigenvalue weighted by Crippen LogP contribution is 2.18. The van der Waals surface area contributed by atoms with Crippen molar-refractivity contribution in [2.45, 2.75) is 26.2 Å². The Morgan fingerprint density at radius 3 is 2.61 bits per heavy atom. The fourth-order valence-corrected chi connectivity index (χ4v) is 2.39. The van der Waals surface area contributed by atoms with Crippen molar-refractivity contribution >= 4 is 19.7 Å². The minimum atomic E-state index is -3.39. The Balaban J connectivity index is 2.22. The van der Waals surface area contributed by atoms with Crippen molar-refractivity contribution in [1.29, 1.82) is 0 Å². The SMILES string of the molecule is Cc1cc(F)ccc1OCCCCCS(=O)(=O)Cl. The number of unbranched alkanes of at least 4 members (excludes halogenated alkanes) is 2. The van der Waals surface area contributed by atoms with Gasteiger partial charge in [-0.3, -0.25) is 0 Å². The second-order valence-electron chi connectivity index (χ2n) is 4.06. The third-order valence-electron chi connectivity index (χ3n) is 2.43. The van der Waals surface area contributed by atoms with Crippen molar-refractivity contribution in [2.24, 2.45) is 0 Å². The van der Waals surface area contributed by atoms with E-state index >= 15 is 0 Å². The van der Waals surface area contributed by atoms with Gasteiger partial charge in [0.25, 0.3) is 0 Å². The predicted molar refractivity (Wildman–Crippen MR) is 70.1 cm³/mol. The lowest BCUT2D eigenvalue weighted by Gasteiger charge is -2.08. The van der Waals surface area contributed by atoms with Crippen molar-refractivity contribution in [2.75, 3.05) is 12.4 Å². The molecule has 0 atom stereocenters. The minimum absolute atomic E-state index is 0.00979. The normalized spacial score (nSPS) is 11.5. The van der Waals surface area contributed by atoms with Crippen LogP contribution < -0.4 is 4.74 Å². The average Bonchev–Trinajstić information content (AvgIpc) is 2.24. The van der Waals surface area contributed by atoms with Gasteiger partial charge in [-0.1, -0.05) is 0 Å². The molecule has 0 heterocycles. The molecule has 0 N–H and O–H groups in total. The van der Waals surface area contributed by atoms with E-state index in [1.54, 1.807) is 13.0 Å². The molecule has 0 saturated carbocycles. The fourth-order valence-electron chi connectivity index (χ4n) is 1.51. The van der Waals surface area contributed by atoms with E-state index in [0.29, 0.717) is 18.8 Å². The van der Waals surface area contributed by atoms with Gasteiger partial charge in [-0.2, -0.15) is 0 Å². The first-order valence-corrected chi connectivity index (χ1v) is 8.17. The Hall–Kier alpha value is -0.810. The van der Waals surface area contributed by atoms with Crippen LogP contribution in [0.4, 0.5) is 4.39 Å². The minimum Gasteiger partial charge on any atom is -0.493 e. The maximum atomic E-state index is 12.8. The molecule has 1 aromatic rings. The van der Waals surface area contributed by atoms with Gasteiger partial charge in [0.2, 0.25) is 9.05 Å². The molecule has 3 nitrogen and oxygen atoms in total. The third-order valence-corrected chi connectivity index (χ3v) is 3.67. The van der Waals surface area contributed by atoms with Gasteiger partial charge in [-0.05, 0) is 49.9 Å². The van der Waals surface area contributed by atoms with E-state index in [1.807, 2.05) is 0 Å². The van der Waals surface area contributed by atoms with Gasteiger partial charge in [0.15, 0.2) is 0 Å². The molecule has 0 aliphatic heterocycles. The molecule has 0 unspecified atom stereocenters. The molecule has 0 amide bonds. The summed E-state index contributed by atoms with van der Waals surface area (Å²) < 4.78 is 39.6. The average molecular weight is 295 g/mol. The zero-order valence-corrected chi connectivity index (χ0v) is 11.7. The summed E-state index contributed by atoms with van der Waals surface area (Å²) >= 11 is 0. The molecule has 0 radical (unpaired) electrons. The molecule has 0 aromatic heterocycles. The van der Waals surface area contributed by atoms with Crippen LogP contribution >= 0.6 is 10.7 Å². The van der Waals surface area contributed by atoms with Crippen LogP contribution in [-0.2, 0) is 9.05 Å². The summed E-state index contributed by atoms with van der Waals surface area (Å²) in [5, 5.41) is 0. The number of halogens is 2. The number of hydrogen-bond acceptors (Lipinski definition) is 3. The fraction of sp³-hybridized carbons (Fsp3) is 0.500. The summed E-state index contributed by atoms with van der Waals surface area (Å²) in [6.07, 6.45) is 1.99. The van der Waals surface area contributed by atoms with Gasteiger partial charge in [0, 0.05) is 10.7 Å². The molecule has 0 bridgehead atoms. The molecule has 0 aliphatic rings. The Labute approximate surface area is 111 Å². The van der Waals surface area contributed by atoms with E-state index in [4.69, 9.17) is 15.4 Å². The largest absolute Gasteiger partial charge is 0.493 e. The van der Waals surface area contributed by atoms with Gasteiger partial charge >= 0.3 is 0 Å². The van der Waals surface area contributed by atoms with Crippen LogP contribution in [0.15, 0.2) is 18.2 Å². The maximum absolute atomic E-state index is 12.8. The van der Waals surface area contributed by atoms with Crippen LogP contribution in [0.3, 0.4) is 0 Å². The molecule has 102 valence electrons. The van der Waals surface area contributed by atoms with Gasteiger partial charge in [-0.15, -0.1) is 0 Å². The van der Waals surface area contributed by atoms with Crippen molar-refractivity contribution in [1.82, 2.24) is 0 Å². The topological polar surface area (TPSA) is 43.4 Å². The van der Waals surface area contributed by atoms with E-state index in [2.05, 4.69) is 0 Å². The van der Waals surface area contributed by atoms with Crippen LogP contribution in [0.2, 0.25) is 0 Å². The van der Waals surface area contributed by atoms with Crippen LogP contribution in [0.25, 0.3) is 0 Å². The van der Waals surface area contributed by atoms with Crippen molar-refractivity contribution in [3.63, 3.8) is 0 Å². The first kappa shape index (κ1) is 15.2. The lowest BCUT2D eigenvalue weighted by molar-refractivity contribution is 0.304. The zero-order chi connectivity index (χ0) is 13.6. The van der Waals surface area contributed by atoms with Crippen LogP contribution in [0.1, 0.15) is 24.8 Å². The van der Waals surface area contributed by atoms with E-state index in [-0.39, 0.29) is 11.6 Å². The molecule has 0 aliphatic carbocycles. The number of aryl methyl sites for hydroxylation is 1. The first-order chi connectivity index (χ1) is 8.38. The Bertz CT molecular complexity index is 488. The van der Waals surface area contributed by atoms with Gasteiger partial charge < -0.3 is 4.74 Å². The number of benzene rings is 1. The van der Waals surface area contributed by atoms with Crippen molar-refractivity contribution in [3.05, 3.63) is 29.6 Å². The molecular formula is C12H16ClFO3S. The molecule has 1 rings (SSSR count). The summed E-state index contributed by atoms with van der Waals surface area (Å²) in [6, 6.07) is 4.35. The monoisotopic (exact) mass is 294 g/mol. The molecule has 1 aromatic carbocycles. The number of hydrogen-bond donors (Lipinski definition) is 0. The third kappa shape index (κ3) is 6.21. The van der Waals surface area contributed by atoms with Crippen LogP contribution in [0.5, 0.6) is 5.75 Å². The van der Waals surface area contributed by atoms with Crippen molar-refractivity contribution < 1.29 is 17.5 Å². The second-order valence-corrected chi connectivity index (χ2v) is 6.96. The predicted octanol–water partition coefficient (Wildman–Crippen LogP) is 3.25. The Morgan fingerprint density at radius 2 is 2.00 bits per heavy atom. The summed E-state index contributed by atoms with van der Waals surface area (Å²) in [4.78, 5) is 0. The van der Waals surface area contributed by atoms with Gasteiger partial charge in [0.1, 0.15) is 11.6 Å². The standard InChI is InChI=1S/C12H16ClFO3S/c1-10-9-11(14)5-6-12(10)17-7-3-2-4-8-18(13,15)16/h5-6,9H,2-4,7-8H2,1H3. The highest BCUT2D eigenvalue weighted by Gasteiger charge is 2.04. The first-order valence-electron chi connectivity index (χ1n) is 5.70. The van der Waals surface area contributed by atoms with Crippen molar-refractivity contribution in [3.8, 4) is 5.75 Å². The summed E-state index contributed by atoms with van der Waals surface area (Å²) in [5.74, 6) is 0.359. The smallest absolute Gasteiger partial charge is 0.232 e. The van der Waals surface area contributed by atoms with Gasteiger partial charge in [-0.25, -0.2) is 12.8 Å². The van der Waals surface area contributed by atoms with E-state index in [9.17, 15) is 12.8 Å². The number of ether oxygens (including phenoxy) is 1. The second kappa shape index (κ2) is 6.95. The van der Waals surface area contributed by atoms with Crippen LogP contribution in [-0.4, -0.2) is 20.8 Å². The summed E-state index contributed by atoms with van der Waals surface area (Å²) in [5.41, 5.74) is 0.748. The molecule has 6 heteroatoms. The maximum Gasteiger partial charge on any atom is 0.232 e. The van der Waals surface area contributed by atoms with Crippen LogP contribution in [0, 0.1) is 12.7 Å². The zero-order valence-electron chi connectivity index (χ0n) is 10.2. The van der Waals surface area contributed by atoms with E-state index in [1.165, 1.54) is 12.1 Å². The van der Waals surface area contributed by atoms with Gasteiger partial charge in [0.05, 0.1) is 12.4 Å². The molecule has 18 heavy (non-hydrogen) atoms. The molecule has 0 saturated heterocycles.